The standard InChI is InChI=1S/C17H33NO4/c1-6-8-9-10-11-12-13-14(15(19)21-7-2)18-16(20)22-17(3,4)5/h14H,6-13H2,1-5H3,(H,18,20). The Bertz CT molecular complexity index is 323. The number of esters is 1. The molecule has 0 aliphatic rings. The number of nitrogens with one attached hydrogen (secondary N) is 1. The fourth-order valence-electron chi connectivity index (χ4n) is 2.07. The summed E-state index contributed by atoms with van der Waals surface area (Å²) in [7, 11) is 0. The topological polar surface area (TPSA) is 64.6 Å². The van der Waals surface area contributed by atoms with Crippen molar-refractivity contribution in [2.24, 2.45) is 0 Å². The van der Waals surface area contributed by atoms with Crippen LogP contribution in [0.5, 0.6) is 0 Å². The van der Waals surface area contributed by atoms with Crippen molar-refractivity contribution >= 4 is 12.1 Å². The monoisotopic (exact) mass is 315 g/mol. The van der Waals surface area contributed by atoms with Crippen LogP contribution in [0.15, 0.2) is 0 Å². The van der Waals surface area contributed by atoms with Crippen molar-refractivity contribution < 1.29 is 19.1 Å². The van der Waals surface area contributed by atoms with Crippen LogP contribution in [0.25, 0.3) is 0 Å². The summed E-state index contributed by atoms with van der Waals surface area (Å²) in [5.74, 6) is -0.387. The number of ether oxygens (including phenoxy) is 2. The van der Waals surface area contributed by atoms with E-state index in [0.717, 1.165) is 19.3 Å². The summed E-state index contributed by atoms with van der Waals surface area (Å²) in [4.78, 5) is 23.7. The van der Waals surface area contributed by atoms with Crippen LogP contribution in [-0.4, -0.2) is 30.3 Å². The number of carbonyl (C=O) groups excluding carboxylic acids is 2. The van der Waals surface area contributed by atoms with Gasteiger partial charge in [0.15, 0.2) is 0 Å². The second-order valence-corrected chi connectivity index (χ2v) is 6.51. The molecular formula is C17H33NO4. The lowest BCUT2D eigenvalue weighted by molar-refractivity contribution is -0.145. The second-order valence-electron chi connectivity index (χ2n) is 6.51. The van der Waals surface area contributed by atoms with Gasteiger partial charge in [0.2, 0.25) is 0 Å². The first kappa shape index (κ1) is 20.7. The van der Waals surface area contributed by atoms with Gasteiger partial charge in [0.25, 0.3) is 0 Å². The molecule has 0 aliphatic carbocycles. The van der Waals surface area contributed by atoms with E-state index in [-0.39, 0.29) is 5.97 Å². The van der Waals surface area contributed by atoms with Gasteiger partial charge in [-0.1, -0.05) is 45.4 Å². The Kier molecular flexibility index (Phi) is 10.7. The van der Waals surface area contributed by atoms with E-state index in [0.29, 0.717) is 13.0 Å². The van der Waals surface area contributed by atoms with Crippen LogP contribution >= 0.6 is 0 Å². The number of unbranched alkanes of at least 4 members (excludes halogenated alkanes) is 5. The van der Waals surface area contributed by atoms with Crippen molar-refractivity contribution in [3.8, 4) is 0 Å². The van der Waals surface area contributed by atoms with Crippen molar-refractivity contribution in [3.05, 3.63) is 0 Å². The molecular weight excluding hydrogens is 282 g/mol. The first-order valence-electron chi connectivity index (χ1n) is 8.46. The number of hydrogen-bond acceptors (Lipinski definition) is 4. The first-order valence-corrected chi connectivity index (χ1v) is 8.46. The third kappa shape index (κ3) is 11.4. The van der Waals surface area contributed by atoms with E-state index in [9.17, 15) is 9.59 Å². The zero-order chi connectivity index (χ0) is 17.0. The molecule has 1 N–H and O–H groups in total. The van der Waals surface area contributed by atoms with Gasteiger partial charge in [0, 0.05) is 0 Å². The molecule has 0 rings (SSSR count). The molecule has 0 bridgehead atoms. The molecule has 0 aromatic carbocycles. The highest BCUT2D eigenvalue weighted by molar-refractivity contribution is 5.81. The molecule has 1 atom stereocenters. The minimum absolute atomic E-state index is 0.307. The Balaban J connectivity index is 4.26. The normalized spacial score (nSPS) is 12.6. The number of carbonyl (C=O) groups is 2. The lowest BCUT2D eigenvalue weighted by Gasteiger charge is -2.22. The first-order chi connectivity index (χ1) is 10.3. The van der Waals surface area contributed by atoms with Crippen molar-refractivity contribution in [2.45, 2.75) is 91.2 Å². The van der Waals surface area contributed by atoms with Gasteiger partial charge in [0.1, 0.15) is 11.6 Å². The van der Waals surface area contributed by atoms with E-state index in [1.807, 2.05) is 0 Å². The molecule has 0 aliphatic heterocycles. The molecule has 5 heteroatoms. The maximum absolute atomic E-state index is 11.9. The molecule has 0 saturated carbocycles. The van der Waals surface area contributed by atoms with Gasteiger partial charge < -0.3 is 14.8 Å². The quantitative estimate of drug-likeness (QED) is 0.485. The van der Waals surface area contributed by atoms with Gasteiger partial charge in [0.05, 0.1) is 6.61 Å². The number of amides is 1. The van der Waals surface area contributed by atoms with Crippen LogP contribution in [-0.2, 0) is 14.3 Å². The summed E-state index contributed by atoms with van der Waals surface area (Å²) >= 11 is 0. The summed E-state index contributed by atoms with van der Waals surface area (Å²) in [6, 6.07) is -0.624. The fraction of sp³-hybridized carbons (Fsp3) is 0.882. The van der Waals surface area contributed by atoms with Crippen molar-refractivity contribution in [1.82, 2.24) is 5.32 Å². The SMILES string of the molecule is CCCCCCCCC(NC(=O)OC(C)(C)C)C(=O)OCC. The zero-order valence-corrected chi connectivity index (χ0v) is 14.9. The summed E-state index contributed by atoms with van der Waals surface area (Å²) in [5.41, 5.74) is -0.580. The smallest absolute Gasteiger partial charge is 0.408 e. The second kappa shape index (κ2) is 11.3. The Hall–Kier alpha value is -1.26. The van der Waals surface area contributed by atoms with Gasteiger partial charge in [-0.2, -0.15) is 0 Å². The van der Waals surface area contributed by atoms with Crippen molar-refractivity contribution in [2.75, 3.05) is 6.61 Å². The highest BCUT2D eigenvalue weighted by atomic mass is 16.6. The summed E-state index contributed by atoms with van der Waals surface area (Å²) in [6.45, 7) is 9.62. The van der Waals surface area contributed by atoms with Crippen LogP contribution in [0.4, 0.5) is 4.79 Å². The molecule has 0 spiro atoms. The van der Waals surface area contributed by atoms with Gasteiger partial charge in [-0.25, -0.2) is 9.59 Å². The summed E-state index contributed by atoms with van der Waals surface area (Å²) in [5, 5.41) is 2.62. The van der Waals surface area contributed by atoms with Crippen molar-refractivity contribution in [1.29, 1.82) is 0 Å². The third-order valence-electron chi connectivity index (χ3n) is 3.11. The largest absolute Gasteiger partial charge is 0.464 e. The average molecular weight is 315 g/mol. The Morgan fingerprint density at radius 3 is 2.14 bits per heavy atom. The van der Waals surface area contributed by atoms with Gasteiger partial charge >= 0.3 is 12.1 Å². The summed E-state index contributed by atoms with van der Waals surface area (Å²) < 4.78 is 10.2. The molecule has 1 amide bonds. The maximum atomic E-state index is 11.9. The van der Waals surface area contributed by atoms with Gasteiger partial charge in [-0.3, -0.25) is 0 Å². The van der Waals surface area contributed by atoms with Crippen molar-refractivity contribution in [3.63, 3.8) is 0 Å². The molecule has 130 valence electrons. The van der Waals surface area contributed by atoms with Gasteiger partial charge in [-0.15, -0.1) is 0 Å². The van der Waals surface area contributed by atoms with E-state index in [1.165, 1.54) is 19.3 Å². The molecule has 0 heterocycles. The van der Waals surface area contributed by atoms with E-state index in [2.05, 4.69) is 12.2 Å². The number of rotatable bonds is 10. The molecule has 1 unspecified atom stereocenters. The molecule has 0 aromatic heterocycles. The van der Waals surface area contributed by atoms with E-state index in [4.69, 9.17) is 9.47 Å². The Labute approximate surface area is 135 Å². The predicted molar refractivity (Wildman–Crippen MR) is 87.8 cm³/mol. The molecule has 5 nitrogen and oxygen atoms in total. The average Bonchev–Trinajstić information content (AvgIpc) is 2.39. The molecule has 0 saturated heterocycles. The maximum Gasteiger partial charge on any atom is 0.408 e. The Morgan fingerprint density at radius 1 is 1.00 bits per heavy atom. The van der Waals surface area contributed by atoms with Crippen LogP contribution in [0.3, 0.4) is 0 Å². The fourth-order valence-corrected chi connectivity index (χ4v) is 2.07. The van der Waals surface area contributed by atoms with Crippen LogP contribution in [0.1, 0.15) is 79.6 Å². The molecule has 0 radical (unpaired) electrons. The van der Waals surface area contributed by atoms with E-state index in [1.54, 1.807) is 27.7 Å². The lowest BCUT2D eigenvalue weighted by atomic mass is 10.1. The zero-order valence-electron chi connectivity index (χ0n) is 14.9. The Morgan fingerprint density at radius 2 is 1.59 bits per heavy atom. The highest BCUT2D eigenvalue weighted by Gasteiger charge is 2.24. The molecule has 0 aromatic rings. The van der Waals surface area contributed by atoms with E-state index >= 15 is 0 Å². The number of hydrogen-bond donors (Lipinski definition) is 1. The molecule has 22 heavy (non-hydrogen) atoms. The highest BCUT2D eigenvalue weighted by Crippen LogP contribution is 2.11. The number of alkyl carbamates (subject to hydrolysis) is 1. The van der Waals surface area contributed by atoms with Crippen LogP contribution in [0, 0.1) is 0 Å². The summed E-state index contributed by atoms with van der Waals surface area (Å²) in [6.07, 6.45) is 6.81. The van der Waals surface area contributed by atoms with E-state index < -0.39 is 17.7 Å². The lowest BCUT2D eigenvalue weighted by Crippen LogP contribution is -2.44. The molecule has 0 fully saturated rings. The van der Waals surface area contributed by atoms with Crippen LogP contribution < -0.4 is 5.32 Å². The predicted octanol–water partition coefficient (Wildman–Crippen LogP) is 4.19. The van der Waals surface area contributed by atoms with Crippen LogP contribution in [0.2, 0.25) is 0 Å². The minimum Gasteiger partial charge on any atom is -0.464 e. The third-order valence-corrected chi connectivity index (χ3v) is 3.11. The minimum atomic E-state index is -0.624. The van der Waals surface area contributed by atoms with Gasteiger partial charge in [-0.05, 0) is 34.1 Å².